The summed E-state index contributed by atoms with van der Waals surface area (Å²) in [6.45, 7) is 1.63. The Morgan fingerprint density at radius 1 is 1.07 bits per heavy atom. The average molecular weight is 383 g/mol. The van der Waals surface area contributed by atoms with Crippen LogP contribution in [0.15, 0.2) is 71.8 Å². The SMILES string of the molecule is Cc1ccc(NC(=O)c2cccc(Oc3ccccn3)c2)cc1S(N)(=O)=O. The van der Waals surface area contributed by atoms with E-state index in [1.165, 1.54) is 6.07 Å². The van der Waals surface area contributed by atoms with Crippen LogP contribution in [0.3, 0.4) is 0 Å². The number of aromatic nitrogens is 1. The third-order valence-corrected chi connectivity index (χ3v) is 4.76. The lowest BCUT2D eigenvalue weighted by atomic mass is 10.2. The summed E-state index contributed by atoms with van der Waals surface area (Å²) in [5.74, 6) is 0.451. The molecule has 1 aromatic heterocycles. The topological polar surface area (TPSA) is 111 Å². The average Bonchev–Trinajstić information content (AvgIpc) is 2.63. The number of carbonyl (C=O) groups excluding carboxylic acids is 1. The Bertz CT molecular complexity index is 1080. The Kier molecular flexibility index (Phi) is 5.20. The number of nitrogens with zero attached hydrogens (tertiary/aromatic N) is 1. The molecule has 0 radical (unpaired) electrons. The lowest BCUT2D eigenvalue weighted by Gasteiger charge is -2.10. The summed E-state index contributed by atoms with van der Waals surface area (Å²) in [7, 11) is -3.88. The van der Waals surface area contributed by atoms with Gasteiger partial charge >= 0.3 is 0 Å². The molecule has 1 heterocycles. The summed E-state index contributed by atoms with van der Waals surface area (Å²) < 4.78 is 28.9. The number of hydrogen-bond donors (Lipinski definition) is 2. The molecule has 7 nitrogen and oxygen atoms in total. The van der Waals surface area contributed by atoms with Gasteiger partial charge in [-0.2, -0.15) is 0 Å². The Morgan fingerprint density at radius 2 is 1.89 bits per heavy atom. The zero-order chi connectivity index (χ0) is 19.4. The molecule has 3 rings (SSSR count). The van der Waals surface area contributed by atoms with Crippen LogP contribution in [0, 0.1) is 6.92 Å². The van der Waals surface area contributed by atoms with Crippen LogP contribution in [0.5, 0.6) is 11.6 Å². The van der Waals surface area contributed by atoms with Gasteiger partial charge in [-0.05, 0) is 48.9 Å². The maximum atomic E-state index is 12.5. The van der Waals surface area contributed by atoms with Crippen molar-refractivity contribution in [3.63, 3.8) is 0 Å². The molecular weight excluding hydrogens is 366 g/mol. The lowest BCUT2D eigenvalue weighted by molar-refractivity contribution is 0.102. The highest BCUT2D eigenvalue weighted by atomic mass is 32.2. The molecule has 2 aromatic carbocycles. The van der Waals surface area contributed by atoms with E-state index in [0.29, 0.717) is 28.4 Å². The number of anilines is 1. The summed E-state index contributed by atoms with van der Waals surface area (Å²) in [5, 5.41) is 7.86. The molecule has 0 spiro atoms. The molecule has 0 aliphatic heterocycles. The summed E-state index contributed by atoms with van der Waals surface area (Å²) in [4.78, 5) is 16.5. The van der Waals surface area contributed by atoms with Crippen LogP contribution in [0.25, 0.3) is 0 Å². The maximum absolute atomic E-state index is 12.5. The van der Waals surface area contributed by atoms with Crippen LogP contribution in [-0.2, 0) is 10.0 Å². The van der Waals surface area contributed by atoms with Crippen molar-refractivity contribution >= 4 is 21.6 Å². The van der Waals surface area contributed by atoms with E-state index < -0.39 is 15.9 Å². The predicted molar refractivity (Wildman–Crippen MR) is 101 cm³/mol. The minimum atomic E-state index is -3.88. The van der Waals surface area contributed by atoms with Gasteiger partial charge in [0.15, 0.2) is 0 Å². The first-order chi connectivity index (χ1) is 12.8. The number of nitrogens with two attached hydrogens (primary N) is 1. The van der Waals surface area contributed by atoms with Gasteiger partial charge in [0, 0.05) is 23.5 Å². The predicted octanol–water partition coefficient (Wildman–Crippen LogP) is 3.08. The van der Waals surface area contributed by atoms with Gasteiger partial charge < -0.3 is 10.1 Å². The van der Waals surface area contributed by atoms with E-state index in [2.05, 4.69) is 10.3 Å². The van der Waals surface area contributed by atoms with Crippen LogP contribution >= 0.6 is 0 Å². The van der Waals surface area contributed by atoms with E-state index in [1.54, 1.807) is 67.7 Å². The number of rotatable bonds is 5. The van der Waals surface area contributed by atoms with Gasteiger partial charge in [0.25, 0.3) is 5.91 Å². The molecule has 0 saturated carbocycles. The Morgan fingerprint density at radius 3 is 2.59 bits per heavy atom. The first kappa shape index (κ1) is 18.6. The number of primary sulfonamides is 1. The van der Waals surface area contributed by atoms with E-state index in [4.69, 9.17) is 9.88 Å². The number of carbonyl (C=O) groups is 1. The second-order valence-electron chi connectivity index (χ2n) is 5.78. The molecule has 3 aromatic rings. The third-order valence-electron chi connectivity index (χ3n) is 3.71. The Hall–Kier alpha value is -3.23. The zero-order valence-electron chi connectivity index (χ0n) is 14.4. The number of ether oxygens (including phenoxy) is 1. The molecule has 138 valence electrons. The fourth-order valence-corrected chi connectivity index (χ4v) is 3.22. The van der Waals surface area contributed by atoms with Gasteiger partial charge in [-0.25, -0.2) is 18.5 Å². The number of sulfonamides is 1. The van der Waals surface area contributed by atoms with Crippen LogP contribution < -0.4 is 15.2 Å². The second-order valence-corrected chi connectivity index (χ2v) is 7.31. The summed E-state index contributed by atoms with van der Waals surface area (Å²) in [6.07, 6.45) is 1.60. The van der Waals surface area contributed by atoms with Crippen molar-refractivity contribution < 1.29 is 17.9 Å². The standard InChI is InChI=1S/C19H17N3O4S/c1-13-8-9-15(12-17(13)27(20,24)25)22-19(23)14-5-4-6-16(11-14)26-18-7-2-3-10-21-18/h2-12H,1H3,(H,22,23)(H2,20,24,25). The Labute approximate surface area is 156 Å². The molecular formula is C19H17N3O4S. The van der Waals surface area contributed by atoms with Gasteiger partial charge in [-0.15, -0.1) is 0 Å². The summed E-state index contributed by atoms with van der Waals surface area (Å²) >= 11 is 0. The molecule has 0 aliphatic carbocycles. The van der Waals surface area contributed by atoms with E-state index in [9.17, 15) is 13.2 Å². The minimum Gasteiger partial charge on any atom is -0.439 e. The zero-order valence-corrected chi connectivity index (χ0v) is 15.2. The number of amides is 1. The molecule has 3 N–H and O–H groups in total. The van der Waals surface area contributed by atoms with Gasteiger partial charge in [0.1, 0.15) is 5.75 Å². The van der Waals surface area contributed by atoms with Crippen molar-refractivity contribution in [2.45, 2.75) is 11.8 Å². The summed E-state index contributed by atoms with van der Waals surface area (Å²) in [5.41, 5.74) is 1.17. The highest BCUT2D eigenvalue weighted by molar-refractivity contribution is 7.89. The molecule has 0 aliphatic rings. The fourth-order valence-electron chi connectivity index (χ4n) is 2.42. The number of benzene rings is 2. The smallest absolute Gasteiger partial charge is 0.255 e. The van der Waals surface area contributed by atoms with Crippen LogP contribution in [-0.4, -0.2) is 19.3 Å². The highest BCUT2D eigenvalue weighted by Gasteiger charge is 2.14. The number of aryl methyl sites for hydroxylation is 1. The molecule has 0 bridgehead atoms. The van der Waals surface area contributed by atoms with Gasteiger partial charge in [-0.3, -0.25) is 4.79 Å². The van der Waals surface area contributed by atoms with Crippen molar-refractivity contribution in [3.05, 3.63) is 78.0 Å². The van der Waals surface area contributed by atoms with Crippen molar-refractivity contribution in [2.75, 3.05) is 5.32 Å². The normalized spacial score (nSPS) is 11.0. The molecule has 0 unspecified atom stereocenters. The monoisotopic (exact) mass is 383 g/mol. The van der Waals surface area contributed by atoms with Crippen LogP contribution in [0.1, 0.15) is 15.9 Å². The Balaban J connectivity index is 1.80. The van der Waals surface area contributed by atoms with E-state index in [0.717, 1.165) is 0 Å². The lowest BCUT2D eigenvalue weighted by Crippen LogP contribution is -2.16. The first-order valence-electron chi connectivity index (χ1n) is 7.97. The van der Waals surface area contributed by atoms with E-state index >= 15 is 0 Å². The molecule has 1 amide bonds. The number of pyridine rings is 1. The maximum Gasteiger partial charge on any atom is 0.255 e. The third kappa shape index (κ3) is 4.69. The second kappa shape index (κ2) is 7.56. The quantitative estimate of drug-likeness (QED) is 0.703. The van der Waals surface area contributed by atoms with E-state index in [1.807, 2.05) is 0 Å². The first-order valence-corrected chi connectivity index (χ1v) is 9.51. The summed E-state index contributed by atoms with van der Waals surface area (Å²) in [6, 6.07) is 16.4. The number of hydrogen-bond acceptors (Lipinski definition) is 5. The van der Waals surface area contributed by atoms with Crippen LogP contribution in [0.4, 0.5) is 5.69 Å². The molecule has 0 atom stereocenters. The van der Waals surface area contributed by atoms with Gasteiger partial charge in [0.05, 0.1) is 4.90 Å². The van der Waals surface area contributed by atoms with Crippen molar-refractivity contribution in [3.8, 4) is 11.6 Å². The number of nitrogens with one attached hydrogen (secondary N) is 1. The fraction of sp³-hybridized carbons (Fsp3) is 0.0526. The highest BCUT2D eigenvalue weighted by Crippen LogP contribution is 2.22. The van der Waals surface area contributed by atoms with E-state index in [-0.39, 0.29) is 4.90 Å². The van der Waals surface area contributed by atoms with Gasteiger partial charge in [-0.1, -0.05) is 18.2 Å². The van der Waals surface area contributed by atoms with Gasteiger partial charge in [0.2, 0.25) is 15.9 Å². The van der Waals surface area contributed by atoms with Crippen molar-refractivity contribution in [2.24, 2.45) is 5.14 Å². The van der Waals surface area contributed by atoms with Crippen molar-refractivity contribution in [1.29, 1.82) is 0 Å². The molecule has 0 fully saturated rings. The molecule has 0 saturated heterocycles. The largest absolute Gasteiger partial charge is 0.439 e. The van der Waals surface area contributed by atoms with Crippen molar-refractivity contribution in [1.82, 2.24) is 4.98 Å². The molecule has 27 heavy (non-hydrogen) atoms. The minimum absolute atomic E-state index is 0.0347. The molecule has 8 heteroatoms. The van der Waals surface area contributed by atoms with Crippen LogP contribution in [0.2, 0.25) is 0 Å².